The molecule has 0 spiro atoms. The summed E-state index contributed by atoms with van der Waals surface area (Å²) in [7, 11) is 1.63. The van der Waals surface area contributed by atoms with Crippen molar-refractivity contribution in [3.05, 3.63) is 59.9 Å². The van der Waals surface area contributed by atoms with Crippen molar-refractivity contribution in [3.63, 3.8) is 0 Å². The smallest absolute Gasteiger partial charge is 0.321 e. The van der Waals surface area contributed by atoms with E-state index in [0.717, 1.165) is 37.0 Å². The van der Waals surface area contributed by atoms with Gasteiger partial charge in [-0.1, -0.05) is 18.2 Å². The van der Waals surface area contributed by atoms with E-state index >= 15 is 0 Å². The first kappa shape index (κ1) is 21.2. The van der Waals surface area contributed by atoms with E-state index < -0.39 is 5.41 Å². The Balaban J connectivity index is 1.25. The molecule has 3 amide bonds. The van der Waals surface area contributed by atoms with Crippen molar-refractivity contribution >= 4 is 17.6 Å². The van der Waals surface area contributed by atoms with Crippen LogP contribution in [0.4, 0.5) is 14.9 Å². The van der Waals surface area contributed by atoms with E-state index in [2.05, 4.69) is 10.6 Å². The minimum Gasteiger partial charge on any atom is -0.496 e. The molecule has 0 radical (unpaired) electrons. The van der Waals surface area contributed by atoms with Crippen LogP contribution >= 0.6 is 0 Å². The van der Waals surface area contributed by atoms with Crippen LogP contribution < -0.4 is 15.4 Å². The molecule has 2 fully saturated rings. The zero-order valence-corrected chi connectivity index (χ0v) is 17.7. The van der Waals surface area contributed by atoms with Gasteiger partial charge in [-0.15, -0.1) is 0 Å². The fourth-order valence-electron chi connectivity index (χ4n) is 4.27. The van der Waals surface area contributed by atoms with E-state index in [9.17, 15) is 14.0 Å². The van der Waals surface area contributed by atoms with Gasteiger partial charge in [-0.25, -0.2) is 9.18 Å². The summed E-state index contributed by atoms with van der Waals surface area (Å²) in [6.45, 7) is 1.87. The molecule has 164 valence electrons. The molecule has 2 aliphatic rings. The first-order valence-corrected chi connectivity index (χ1v) is 10.7. The van der Waals surface area contributed by atoms with Crippen molar-refractivity contribution in [2.45, 2.75) is 31.1 Å². The molecule has 7 heteroatoms. The van der Waals surface area contributed by atoms with Gasteiger partial charge in [0.05, 0.1) is 12.5 Å². The average molecular weight is 426 g/mol. The number of anilines is 1. The van der Waals surface area contributed by atoms with Crippen LogP contribution in [0.3, 0.4) is 0 Å². The topological polar surface area (TPSA) is 70.7 Å². The van der Waals surface area contributed by atoms with Crippen molar-refractivity contribution in [3.8, 4) is 5.75 Å². The number of nitrogens with one attached hydrogen (secondary N) is 2. The quantitative estimate of drug-likeness (QED) is 0.737. The molecule has 0 bridgehead atoms. The van der Waals surface area contributed by atoms with Crippen LogP contribution in [0.15, 0.2) is 48.5 Å². The van der Waals surface area contributed by atoms with Gasteiger partial charge < -0.3 is 20.3 Å². The Hall–Kier alpha value is -3.09. The Morgan fingerprint density at radius 1 is 1.10 bits per heavy atom. The highest BCUT2D eigenvalue weighted by Gasteiger charge is 2.52. The lowest BCUT2D eigenvalue weighted by atomic mass is 9.92. The number of halogens is 1. The van der Waals surface area contributed by atoms with Crippen LogP contribution in [0.1, 0.15) is 31.2 Å². The second-order valence-electron chi connectivity index (χ2n) is 8.36. The highest BCUT2D eigenvalue weighted by Crippen LogP contribution is 2.51. The lowest BCUT2D eigenvalue weighted by Crippen LogP contribution is -2.44. The summed E-state index contributed by atoms with van der Waals surface area (Å²) in [6.07, 6.45) is 3.33. The van der Waals surface area contributed by atoms with Crippen molar-refractivity contribution in [2.24, 2.45) is 5.92 Å². The molecule has 6 nitrogen and oxygen atoms in total. The number of carbonyl (C=O) groups excluding carboxylic acids is 2. The third-order valence-electron chi connectivity index (χ3n) is 6.36. The number of carbonyl (C=O) groups is 2. The minimum absolute atomic E-state index is 0.0634. The van der Waals surface area contributed by atoms with E-state index in [0.29, 0.717) is 31.2 Å². The van der Waals surface area contributed by atoms with Crippen molar-refractivity contribution in [1.82, 2.24) is 10.2 Å². The molecule has 4 rings (SSSR count). The Morgan fingerprint density at radius 2 is 1.77 bits per heavy atom. The summed E-state index contributed by atoms with van der Waals surface area (Å²) in [5.41, 5.74) is 1.07. The lowest BCUT2D eigenvalue weighted by Gasteiger charge is -2.32. The SMILES string of the molecule is COc1ccccc1C1(C(=O)NCC2CCN(C(=O)Nc3ccc(F)cc3)CC2)CC1. The molecule has 1 saturated carbocycles. The molecule has 2 N–H and O–H groups in total. The number of piperidine rings is 1. The number of hydrogen-bond donors (Lipinski definition) is 2. The number of para-hydroxylation sites is 1. The number of rotatable bonds is 6. The summed E-state index contributed by atoms with van der Waals surface area (Å²) < 4.78 is 18.5. The second kappa shape index (κ2) is 8.96. The number of likely N-dealkylation sites (tertiary alicyclic amines) is 1. The zero-order chi connectivity index (χ0) is 21.8. The summed E-state index contributed by atoms with van der Waals surface area (Å²) in [6, 6.07) is 13.3. The molecule has 31 heavy (non-hydrogen) atoms. The number of urea groups is 1. The number of amides is 3. The van der Waals surface area contributed by atoms with E-state index in [-0.39, 0.29) is 17.8 Å². The Bertz CT molecular complexity index is 935. The number of benzene rings is 2. The third kappa shape index (κ3) is 4.65. The van der Waals surface area contributed by atoms with Gasteiger partial charge in [-0.3, -0.25) is 4.79 Å². The number of ether oxygens (including phenoxy) is 1. The van der Waals surface area contributed by atoms with E-state index in [1.165, 1.54) is 12.1 Å². The van der Waals surface area contributed by atoms with Crippen molar-refractivity contribution in [1.29, 1.82) is 0 Å². The van der Waals surface area contributed by atoms with Crippen LogP contribution in [0.25, 0.3) is 0 Å². The molecule has 2 aromatic rings. The molecule has 0 atom stereocenters. The van der Waals surface area contributed by atoms with Gasteiger partial charge in [0.25, 0.3) is 0 Å². The third-order valence-corrected chi connectivity index (χ3v) is 6.36. The molecular formula is C24H28FN3O3. The summed E-state index contributed by atoms with van der Waals surface area (Å²) in [5.74, 6) is 0.830. The van der Waals surface area contributed by atoms with Gasteiger partial charge in [0, 0.05) is 30.9 Å². The van der Waals surface area contributed by atoms with E-state index in [1.807, 2.05) is 24.3 Å². The lowest BCUT2D eigenvalue weighted by molar-refractivity contribution is -0.123. The Labute approximate surface area is 181 Å². The number of hydrogen-bond acceptors (Lipinski definition) is 3. The first-order valence-electron chi connectivity index (χ1n) is 10.7. The maximum atomic E-state index is 13.0. The predicted molar refractivity (Wildman–Crippen MR) is 117 cm³/mol. The molecule has 0 unspecified atom stereocenters. The molecular weight excluding hydrogens is 397 g/mol. The summed E-state index contributed by atoms with van der Waals surface area (Å²) in [4.78, 5) is 27.2. The van der Waals surface area contributed by atoms with Gasteiger partial charge in [-0.05, 0) is 61.9 Å². The largest absolute Gasteiger partial charge is 0.496 e. The second-order valence-corrected chi connectivity index (χ2v) is 8.36. The molecule has 2 aromatic carbocycles. The highest BCUT2D eigenvalue weighted by atomic mass is 19.1. The van der Waals surface area contributed by atoms with Crippen molar-refractivity contribution < 1.29 is 18.7 Å². The molecule has 1 heterocycles. The first-order chi connectivity index (χ1) is 15.0. The molecule has 1 saturated heterocycles. The van der Waals surface area contributed by atoms with Gasteiger partial charge in [-0.2, -0.15) is 0 Å². The average Bonchev–Trinajstić information content (AvgIpc) is 3.61. The molecule has 1 aliphatic heterocycles. The van der Waals surface area contributed by atoms with Gasteiger partial charge in [0.2, 0.25) is 5.91 Å². The van der Waals surface area contributed by atoms with Crippen LogP contribution in [-0.2, 0) is 10.2 Å². The summed E-state index contributed by atoms with van der Waals surface area (Å²) >= 11 is 0. The fourth-order valence-corrected chi connectivity index (χ4v) is 4.27. The standard InChI is InChI=1S/C24H28FN3O3/c1-31-21-5-3-2-4-20(21)24(12-13-24)22(29)26-16-17-10-14-28(15-11-17)23(30)27-19-8-6-18(25)7-9-19/h2-9,17H,10-16H2,1H3,(H,26,29)(H,27,30). The van der Waals surface area contributed by atoms with E-state index in [4.69, 9.17) is 4.74 Å². The predicted octanol–water partition coefficient (Wildman–Crippen LogP) is 3.93. The van der Waals surface area contributed by atoms with Gasteiger partial charge in [0.1, 0.15) is 11.6 Å². The van der Waals surface area contributed by atoms with Crippen molar-refractivity contribution in [2.75, 3.05) is 32.1 Å². The van der Waals surface area contributed by atoms with Crippen LogP contribution in [0.5, 0.6) is 5.75 Å². The Kier molecular flexibility index (Phi) is 6.11. The van der Waals surface area contributed by atoms with E-state index in [1.54, 1.807) is 24.1 Å². The normalized spacial score (nSPS) is 17.7. The monoisotopic (exact) mass is 425 g/mol. The Morgan fingerprint density at radius 3 is 2.42 bits per heavy atom. The van der Waals surface area contributed by atoms with Gasteiger partial charge >= 0.3 is 6.03 Å². The number of nitrogens with zero attached hydrogens (tertiary/aromatic N) is 1. The molecule has 0 aromatic heterocycles. The van der Waals surface area contributed by atoms with Crippen LogP contribution in [0.2, 0.25) is 0 Å². The molecule has 1 aliphatic carbocycles. The number of methoxy groups -OCH3 is 1. The maximum Gasteiger partial charge on any atom is 0.321 e. The maximum absolute atomic E-state index is 13.0. The summed E-state index contributed by atoms with van der Waals surface area (Å²) in [5, 5.41) is 5.94. The highest BCUT2D eigenvalue weighted by molar-refractivity contribution is 5.92. The van der Waals surface area contributed by atoms with Gasteiger partial charge in [0.15, 0.2) is 0 Å². The van der Waals surface area contributed by atoms with Crippen LogP contribution in [0, 0.1) is 11.7 Å². The minimum atomic E-state index is -0.470. The van der Waals surface area contributed by atoms with Crippen LogP contribution in [-0.4, -0.2) is 43.6 Å². The zero-order valence-electron chi connectivity index (χ0n) is 17.7. The fraction of sp³-hybridized carbons (Fsp3) is 0.417.